The molecule has 2 fully saturated rings. The van der Waals surface area contributed by atoms with Gasteiger partial charge in [-0.15, -0.1) is 0 Å². The summed E-state index contributed by atoms with van der Waals surface area (Å²) < 4.78 is 7.00. The number of amides is 4. The Bertz CT molecular complexity index is 2070. The van der Waals surface area contributed by atoms with Crippen LogP contribution in [0.2, 0.25) is 5.04 Å². The van der Waals surface area contributed by atoms with E-state index in [2.05, 4.69) is 61.0 Å². The number of allylic oxidation sites excluding steroid dienone is 1. The fraction of sp³-hybridized carbons (Fsp3) is 0.367. The van der Waals surface area contributed by atoms with E-state index in [-0.39, 0.29) is 36.0 Å². The summed E-state index contributed by atoms with van der Waals surface area (Å²) in [6.07, 6.45) is 5.31. The van der Waals surface area contributed by atoms with E-state index in [1.807, 2.05) is 97.1 Å². The van der Waals surface area contributed by atoms with Crippen LogP contribution in [0.5, 0.6) is 0 Å². The third-order valence-corrected chi connectivity index (χ3v) is 16.7. The van der Waals surface area contributed by atoms with Gasteiger partial charge in [0.2, 0.25) is 23.6 Å². The normalized spacial score (nSPS) is 21.0. The Labute approximate surface area is 355 Å². The van der Waals surface area contributed by atoms with E-state index in [9.17, 15) is 24.0 Å². The van der Waals surface area contributed by atoms with E-state index in [4.69, 9.17) is 4.43 Å². The van der Waals surface area contributed by atoms with Gasteiger partial charge in [0.15, 0.2) is 5.78 Å². The van der Waals surface area contributed by atoms with Gasteiger partial charge in [0, 0.05) is 19.4 Å². The van der Waals surface area contributed by atoms with Crippen LogP contribution in [0.15, 0.2) is 133 Å². The highest BCUT2D eigenvalue weighted by molar-refractivity contribution is 6.99. The Kier molecular flexibility index (Phi) is 14.7. The van der Waals surface area contributed by atoms with Crippen molar-refractivity contribution in [2.45, 2.75) is 108 Å². The molecule has 314 valence electrons. The summed E-state index contributed by atoms with van der Waals surface area (Å²) in [5.74, 6) is -1.84. The van der Waals surface area contributed by atoms with Gasteiger partial charge in [-0.2, -0.15) is 0 Å². The molecule has 4 aromatic rings. The van der Waals surface area contributed by atoms with Crippen LogP contribution in [0.4, 0.5) is 0 Å². The average Bonchev–Trinajstić information content (AvgIpc) is 3.75. The lowest BCUT2D eigenvalue weighted by atomic mass is 10.00. The lowest BCUT2D eigenvalue weighted by Crippen LogP contribution is -2.68. The number of carbonyl (C=O) groups excluding carboxylic acids is 5. The molecule has 3 N–H and O–H groups in total. The molecule has 0 unspecified atom stereocenters. The van der Waals surface area contributed by atoms with Crippen molar-refractivity contribution in [3.63, 3.8) is 0 Å². The monoisotopic (exact) mass is 826 g/mol. The number of nitrogens with one attached hydrogen (secondary N) is 3. The topological polar surface area (TPSA) is 134 Å². The van der Waals surface area contributed by atoms with Crippen molar-refractivity contribution in [1.29, 1.82) is 0 Å². The van der Waals surface area contributed by atoms with Crippen LogP contribution in [0, 0.1) is 0 Å². The van der Waals surface area contributed by atoms with Gasteiger partial charge >= 0.3 is 0 Å². The van der Waals surface area contributed by atoms with Crippen molar-refractivity contribution in [2.24, 2.45) is 0 Å². The predicted molar refractivity (Wildman–Crippen MR) is 237 cm³/mol. The van der Waals surface area contributed by atoms with E-state index in [0.717, 1.165) is 21.5 Å². The predicted octanol–water partition coefficient (Wildman–Crippen LogP) is 5.19. The molecule has 2 aliphatic heterocycles. The number of unbranched alkanes of at least 4 members (excludes halogenated alkanes) is 1. The van der Waals surface area contributed by atoms with E-state index < -0.39 is 56.3 Å². The van der Waals surface area contributed by atoms with Crippen LogP contribution >= 0.6 is 0 Å². The van der Waals surface area contributed by atoms with E-state index >= 15 is 0 Å². The highest BCUT2D eigenvalue weighted by Gasteiger charge is 2.51. The summed E-state index contributed by atoms with van der Waals surface area (Å²) in [6, 6.07) is 35.5. The van der Waals surface area contributed by atoms with Gasteiger partial charge in [-0.25, -0.2) is 0 Å². The zero-order chi connectivity index (χ0) is 42.7. The Morgan fingerprint density at radius 1 is 0.717 bits per heavy atom. The molecule has 0 radical (unpaired) electrons. The fourth-order valence-corrected chi connectivity index (χ4v) is 13.1. The SMILES string of the molecule is C[C@@H](O[Si](c1ccccc1)(c1ccccc1)C(C)(C)C)C(=O)/C=C/CCC[C@@H]1NC(=O)[C@H]2CCCN2C(=O)[C@H](Cc2ccccc2)NC(=O)[C@@H](Cc2ccccc2)NC1=O. The molecule has 10 nitrogen and oxygen atoms in total. The van der Waals surface area contributed by atoms with E-state index in [1.165, 1.54) is 0 Å². The second-order valence-corrected chi connectivity index (χ2v) is 21.2. The van der Waals surface area contributed by atoms with Crippen molar-refractivity contribution < 1.29 is 28.4 Å². The molecule has 4 aromatic carbocycles. The summed E-state index contributed by atoms with van der Waals surface area (Å²) in [4.78, 5) is 71.5. The smallest absolute Gasteiger partial charge is 0.262 e. The molecule has 0 bridgehead atoms. The van der Waals surface area contributed by atoms with E-state index in [0.29, 0.717) is 32.2 Å². The molecule has 0 saturated carbocycles. The fourth-order valence-electron chi connectivity index (χ4n) is 8.48. The quantitative estimate of drug-likeness (QED) is 0.0911. The van der Waals surface area contributed by atoms with Crippen molar-refractivity contribution in [3.8, 4) is 0 Å². The molecular weight excluding hydrogens is 769 g/mol. The minimum absolute atomic E-state index is 0.161. The number of carbonyl (C=O) groups is 5. The number of benzene rings is 4. The zero-order valence-corrected chi connectivity index (χ0v) is 36.1. The Balaban J connectivity index is 1.17. The summed E-state index contributed by atoms with van der Waals surface area (Å²) in [6.45, 7) is 8.69. The molecule has 4 amide bonds. The summed E-state index contributed by atoms with van der Waals surface area (Å²) in [5.41, 5.74) is 1.70. The number of hydrogen-bond donors (Lipinski definition) is 3. The second kappa shape index (κ2) is 20.1. The minimum Gasteiger partial charge on any atom is -0.397 e. The van der Waals surface area contributed by atoms with Gasteiger partial charge in [0.05, 0.1) is 0 Å². The molecule has 11 heteroatoms. The Hall–Kier alpha value is -5.65. The van der Waals surface area contributed by atoms with Crippen molar-refractivity contribution >= 4 is 48.1 Å². The highest BCUT2D eigenvalue weighted by atomic mass is 28.4. The van der Waals surface area contributed by atoms with Crippen LogP contribution in [-0.2, 0) is 41.2 Å². The maximum Gasteiger partial charge on any atom is 0.262 e. The summed E-state index contributed by atoms with van der Waals surface area (Å²) in [7, 11) is -2.95. The maximum atomic E-state index is 14.2. The van der Waals surface area contributed by atoms with Crippen LogP contribution < -0.4 is 26.3 Å². The highest BCUT2D eigenvalue weighted by Crippen LogP contribution is 2.37. The van der Waals surface area contributed by atoms with Gasteiger partial charge < -0.3 is 25.3 Å². The van der Waals surface area contributed by atoms with E-state index in [1.54, 1.807) is 24.0 Å². The molecular formula is C49H58N4O6Si. The number of ketones is 1. The van der Waals surface area contributed by atoms with Crippen LogP contribution in [0.25, 0.3) is 0 Å². The first kappa shape index (κ1) is 43.9. The molecule has 60 heavy (non-hydrogen) atoms. The number of fused-ring (bicyclic) bond motifs is 1. The van der Waals surface area contributed by atoms with Gasteiger partial charge in [-0.05, 0) is 71.6 Å². The molecule has 0 spiro atoms. The number of hydrogen-bond acceptors (Lipinski definition) is 6. The first-order valence-electron chi connectivity index (χ1n) is 21.2. The molecule has 0 aromatic heterocycles. The number of nitrogens with zero attached hydrogens (tertiary/aromatic N) is 1. The largest absolute Gasteiger partial charge is 0.397 e. The van der Waals surface area contributed by atoms with Gasteiger partial charge in [-0.3, -0.25) is 24.0 Å². The maximum absolute atomic E-state index is 14.2. The van der Waals surface area contributed by atoms with Crippen LogP contribution in [0.1, 0.15) is 70.9 Å². The molecule has 5 atom stereocenters. The minimum atomic E-state index is -2.95. The summed E-state index contributed by atoms with van der Waals surface area (Å²) in [5, 5.41) is 10.7. The van der Waals surface area contributed by atoms with Crippen LogP contribution in [0.3, 0.4) is 0 Å². The van der Waals surface area contributed by atoms with Gasteiger partial charge in [0.25, 0.3) is 8.32 Å². The summed E-state index contributed by atoms with van der Waals surface area (Å²) >= 11 is 0. The van der Waals surface area contributed by atoms with Crippen LogP contribution in [-0.4, -0.2) is 79.4 Å². The average molecular weight is 827 g/mol. The lowest BCUT2D eigenvalue weighted by Gasteiger charge is -2.44. The van der Waals surface area contributed by atoms with Gasteiger partial charge in [0.1, 0.15) is 30.3 Å². The second-order valence-electron chi connectivity index (χ2n) is 16.9. The van der Waals surface area contributed by atoms with Crippen molar-refractivity contribution in [3.05, 3.63) is 145 Å². The molecule has 2 saturated heterocycles. The molecule has 0 aliphatic carbocycles. The first-order valence-corrected chi connectivity index (χ1v) is 23.1. The molecule has 6 rings (SSSR count). The number of rotatable bonds is 14. The molecule has 2 heterocycles. The lowest BCUT2D eigenvalue weighted by molar-refractivity contribution is -0.143. The first-order chi connectivity index (χ1) is 28.9. The van der Waals surface area contributed by atoms with Gasteiger partial charge in [-0.1, -0.05) is 148 Å². The van der Waals surface area contributed by atoms with Crippen molar-refractivity contribution in [2.75, 3.05) is 6.54 Å². The Morgan fingerprint density at radius 2 is 1.20 bits per heavy atom. The Morgan fingerprint density at radius 3 is 1.75 bits per heavy atom. The van der Waals surface area contributed by atoms with Crippen molar-refractivity contribution in [1.82, 2.24) is 20.9 Å². The third-order valence-electron chi connectivity index (χ3n) is 11.6. The standard InChI is InChI=1S/C49H58N4O6Si/c1-35(59-60(49(2,3)4,38-25-14-7-15-26-38)39-27-16-8-17-28-39)44(54)31-19-9-18-29-40-45(55)51-41(33-36-21-10-5-11-22-36)46(56)52-42(34-37-23-12-6-13-24-37)48(58)53-32-20-30-43(53)47(57)50-40/h5-8,10-17,19,21-28,31,35,40-43H,9,18,20,29-30,32-34H2,1-4H3,(H,50,57)(H,51,55)(H,52,56)/b31-19+/t35-,40+,41-,42+,43-/m1/s1. The molecule has 2 aliphatic rings. The third kappa shape index (κ3) is 10.6. The zero-order valence-electron chi connectivity index (χ0n) is 35.1.